The molecule has 4 N–H and O–H groups in total. The van der Waals surface area contributed by atoms with Crippen LogP contribution in [0.1, 0.15) is 39.2 Å². The Kier molecular flexibility index (Phi) is 8.19. The summed E-state index contributed by atoms with van der Waals surface area (Å²) in [5.74, 6) is -1.39. The molecule has 0 saturated heterocycles. The molecule has 11 nitrogen and oxygen atoms in total. The fourth-order valence-electron chi connectivity index (χ4n) is 4.10. The summed E-state index contributed by atoms with van der Waals surface area (Å²) in [4.78, 5) is 28.9. The van der Waals surface area contributed by atoms with Crippen molar-refractivity contribution in [1.29, 1.82) is 0 Å². The number of hydrogen-bond donors (Lipinski definition) is 4. The van der Waals surface area contributed by atoms with Gasteiger partial charge in [0.1, 0.15) is 11.9 Å². The predicted octanol–water partition coefficient (Wildman–Crippen LogP) is 1.49. The van der Waals surface area contributed by atoms with E-state index in [0.717, 1.165) is 36.5 Å². The fourth-order valence-corrected chi connectivity index (χ4v) is 5.42. The molecule has 0 saturated carbocycles. The lowest BCUT2D eigenvalue weighted by atomic mass is 10.1. The van der Waals surface area contributed by atoms with E-state index >= 15 is 0 Å². The van der Waals surface area contributed by atoms with E-state index in [9.17, 15) is 23.1 Å². The van der Waals surface area contributed by atoms with Gasteiger partial charge in [-0.3, -0.25) is 14.3 Å². The number of sulfonamides is 1. The van der Waals surface area contributed by atoms with Crippen LogP contribution in [0.2, 0.25) is 0 Å². The average molecular weight is 527 g/mol. The third-order valence-corrected chi connectivity index (χ3v) is 7.33. The minimum absolute atomic E-state index is 0.242. The van der Waals surface area contributed by atoms with Gasteiger partial charge in [0.25, 0.3) is 5.91 Å². The van der Waals surface area contributed by atoms with Gasteiger partial charge in [0.05, 0.1) is 17.5 Å². The third kappa shape index (κ3) is 7.37. The van der Waals surface area contributed by atoms with Gasteiger partial charge in [-0.15, -0.1) is 0 Å². The van der Waals surface area contributed by atoms with E-state index < -0.39 is 34.5 Å². The van der Waals surface area contributed by atoms with Crippen molar-refractivity contribution in [2.75, 3.05) is 18.4 Å². The first kappa shape index (κ1) is 26.3. The number of anilines is 1. The third-order valence-electron chi connectivity index (χ3n) is 5.97. The Balaban J connectivity index is 1.30. The highest BCUT2D eigenvalue weighted by atomic mass is 32.2. The first-order valence-electron chi connectivity index (χ1n) is 12.0. The number of carbonyl (C=O) groups is 2. The number of amides is 1. The van der Waals surface area contributed by atoms with Gasteiger partial charge in [-0.2, -0.15) is 9.82 Å². The Morgan fingerprint density at radius 1 is 1.24 bits per heavy atom. The smallest absolute Gasteiger partial charge is 0.323 e. The van der Waals surface area contributed by atoms with E-state index in [1.54, 1.807) is 29.1 Å². The Hall–Kier alpha value is -3.77. The van der Waals surface area contributed by atoms with Gasteiger partial charge in [0.15, 0.2) is 0 Å². The summed E-state index contributed by atoms with van der Waals surface area (Å²) < 4.78 is 28.8. The van der Waals surface area contributed by atoms with Crippen LogP contribution >= 0.6 is 0 Å². The zero-order valence-corrected chi connectivity index (χ0v) is 21.3. The molecule has 1 aliphatic rings. The number of pyridine rings is 1. The molecule has 1 aliphatic heterocycles. The molecule has 1 atom stereocenters. The molecular formula is C25H30N6O5S. The van der Waals surface area contributed by atoms with Crippen molar-refractivity contribution in [3.05, 3.63) is 76.7 Å². The largest absolute Gasteiger partial charge is 0.480 e. The summed E-state index contributed by atoms with van der Waals surface area (Å²) in [7, 11) is -3.95. The number of nitrogens with zero attached hydrogens (tertiary/aromatic N) is 3. The van der Waals surface area contributed by atoms with Crippen molar-refractivity contribution in [1.82, 2.24) is 24.8 Å². The van der Waals surface area contributed by atoms with Gasteiger partial charge in [0.2, 0.25) is 10.0 Å². The zero-order chi connectivity index (χ0) is 26.4. The quantitative estimate of drug-likeness (QED) is 0.293. The number of aromatic nitrogens is 3. The number of carboxylic acid groups (broad SMARTS) is 1. The number of aryl methyl sites for hydroxylation is 4. The summed E-state index contributed by atoms with van der Waals surface area (Å²) in [6.07, 6.45) is 5.68. The van der Waals surface area contributed by atoms with Crippen LogP contribution in [0.25, 0.3) is 0 Å². The van der Waals surface area contributed by atoms with Crippen LogP contribution in [-0.2, 0) is 40.0 Å². The minimum Gasteiger partial charge on any atom is -0.480 e. The number of carbonyl (C=O) groups excluding carboxylic acids is 1. The normalized spacial score (nSPS) is 13.9. The predicted molar refractivity (Wildman–Crippen MR) is 138 cm³/mol. The molecule has 1 aromatic carbocycles. The number of aliphatic carboxylic acids is 1. The van der Waals surface area contributed by atoms with Crippen LogP contribution in [0.5, 0.6) is 0 Å². The number of benzene rings is 1. The van der Waals surface area contributed by atoms with Crippen LogP contribution in [-0.4, -0.2) is 59.3 Å². The molecular weight excluding hydrogens is 496 g/mol. The Morgan fingerprint density at radius 3 is 2.86 bits per heavy atom. The van der Waals surface area contributed by atoms with Gasteiger partial charge in [-0.05, 0) is 37.0 Å². The number of fused-ring (bicyclic) bond motifs is 1. The molecule has 4 rings (SSSR count). The molecule has 2 aromatic heterocycles. The fraction of sp³-hybridized carbons (Fsp3) is 0.360. The lowest BCUT2D eigenvalue weighted by molar-refractivity contribution is -0.138. The maximum atomic E-state index is 12.6. The standard InChI is InChI=1S/C25H30N6O5S/c1-17-4-2-5-18(12-17)16-37(35,36)30-22(25(33)34)14-27-24(32)20-13-28-31(15-20)11-9-21-8-7-19-6-3-10-26-23(19)29-21/h2,4-5,7-8,12-13,15,22,30H,3,6,9-11,14,16H2,1H3,(H,26,29)(H,27,32)(H,33,34). The van der Waals surface area contributed by atoms with Gasteiger partial charge < -0.3 is 15.7 Å². The highest BCUT2D eigenvalue weighted by Gasteiger charge is 2.25. The van der Waals surface area contributed by atoms with Crippen LogP contribution in [0.4, 0.5) is 5.82 Å². The number of carboxylic acids is 1. The zero-order valence-electron chi connectivity index (χ0n) is 20.5. The van der Waals surface area contributed by atoms with Crippen LogP contribution < -0.4 is 15.4 Å². The van der Waals surface area contributed by atoms with Crippen LogP contribution in [0.3, 0.4) is 0 Å². The van der Waals surface area contributed by atoms with E-state index in [1.807, 2.05) is 19.1 Å². The molecule has 0 fully saturated rings. The lowest BCUT2D eigenvalue weighted by Crippen LogP contribution is -2.48. The molecule has 0 bridgehead atoms. The Morgan fingerprint density at radius 2 is 2.08 bits per heavy atom. The Bertz CT molecular complexity index is 1390. The second kappa shape index (κ2) is 11.5. The van der Waals surface area contributed by atoms with E-state index in [1.165, 1.54) is 11.8 Å². The second-order valence-corrected chi connectivity index (χ2v) is 10.8. The highest BCUT2D eigenvalue weighted by molar-refractivity contribution is 7.88. The molecule has 12 heteroatoms. The summed E-state index contributed by atoms with van der Waals surface area (Å²) in [5.41, 5.74) is 3.80. The van der Waals surface area contributed by atoms with Crippen LogP contribution in [0, 0.1) is 6.92 Å². The van der Waals surface area contributed by atoms with Crippen molar-refractivity contribution in [3.8, 4) is 0 Å². The van der Waals surface area contributed by atoms with E-state index in [0.29, 0.717) is 18.5 Å². The van der Waals surface area contributed by atoms with Crippen molar-refractivity contribution in [2.24, 2.45) is 0 Å². The minimum atomic E-state index is -3.95. The summed E-state index contributed by atoms with van der Waals surface area (Å²) in [6, 6.07) is 9.50. The lowest BCUT2D eigenvalue weighted by Gasteiger charge is -2.17. The molecule has 3 heterocycles. The first-order valence-corrected chi connectivity index (χ1v) is 13.7. The maximum Gasteiger partial charge on any atom is 0.323 e. The molecule has 3 aromatic rings. The van der Waals surface area contributed by atoms with Gasteiger partial charge in [-0.1, -0.05) is 35.9 Å². The highest BCUT2D eigenvalue weighted by Crippen LogP contribution is 2.20. The molecule has 0 radical (unpaired) electrons. The molecule has 1 amide bonds. The molecule has 0 spiro atoms. The van der Waals surface area contributed by atoms with Crippen molar-refractivity contribution in [2.45, 2.75) is 44.5 Å². The van der Waals surface area contributed by atoms with Gasteiger partial charge >= 0.3 is 5.97 Å². The number of rotatable bonds is 11. The van der Waals surface area contributed by atoms with Crippen molar-refractivity contribution >= 4 is 27.7 Å². The van der Waals surface area contributed by atoms with Gasteiger partial charge in [-0.25, -0.2) is 13.4 Å². The maximum absolute atomic E-state index is 12.6. The first-order chi connectivity index (χ1) is 17.7. The summed E-state index contributed by atoms with van der Waals surface area (Å²) in [6.45, 7) is 2.84. The van der Waals surface area contributed by atoms with Gasteiger partial charge in [0, 0.05) is 37.9 Å². The monoisotopic (exact) mass is 526 g/mol. The van der Waals surface area contributed by atoms with E-state index in [4.69, 9.17) is 0 Å². The van der Waals surface area contributed by atoms with Crippen molar-refractivity contribution in [3.63, 3.8) is 0 Å². The van der Waals surface area contributed by atoms with E-state index in [2.05, 4.69) is 31.5 Å². The summed E-state index contributed by atoms with van der Waals surface area (Å²) in [5, 5.41) is 19.5. The average Bonchev–Trinajstić information content (AvgIpc) is 3.34. The number of hydrogen-bond acceptors (Lipinski definition) is 7. The number of nitrogens with one attached hydrogen (secondary N) is 3. The van der Waals surface area contributed by atoms with Crippen molar-refractivity contribution < 1.29 is 23.1 Å². The summed E-state index contributed by atoms with van der Waals surface area (Å²) >= 11 is 0. The molecule has 196 valence electrons. The molecule has 37 heavy (non-hydrogen) atoms. The molecule has 1 unspecified atom stereocenters. The SMILES string of the molecule is Cc1cccc(CS(=O)(=O)NC(CNC(=O)c2cnn(CCc3ccc4c(n3)NCCC4)c2)C(=O)O)c1. The van der Waals surface area contributed by atoms with Crippen LogP contribution in [0.15, 0.2) is 48.8 Å². The Labute approximate surface area is 215 Å². The molecule has 0 aliphatic carbocycles. The second-order valence-electron chi connectivity index (χ2n) is 9.05. The topological polar surface area (TPSA) is 155 Å². The van der Waals surface area contributed by atoms with E-state index in [-0.39, 0.29) is 11.3 Å².